The SMILES string of the molecule is CCS(C)(C)OS(=O)(=O)OC. The van der Waals surface area contributed by atoms with Gasteiger partial charge in [-0.05, 0) is 18.3 Å². The first kappa shape index (κ1) is 11.2. The van der Waals surface area contributed by atoms with Gasteiger partial charge in [0.1, 0.15) is 0 Å². The lowest BCUT2D eigenvalue weighted by atomic mass is 11.0. The third-order valence-electron chi connectivity index (χ3n) is 1.17. The van der Waals surface area contributed by atoms with Gasteiger partial charge in [-0.15, -0.1) is 10.3 Å². The summed E-state index contributed by atoms with van der Waals surface area (Å²) in [4.78, 5) is 0. The van der Waals surface area contributed by atoms with Crippen LogP contribution in [0.2, 0.25) is 0 Å². The van der Waals surface area contributed by atoms with E-state index < -0.39 is 20.7 Å². The molecule has 0 saturated heterocycles. The van der Waals surface area contributed by atoms with Crippen molar-refractivity contribution < 1.29 is 16.2 Å². The Morgan fingerprint density at radius 1 is 1.27 bits per heavy atom. The Bertz CT molecular complexity index is 207. The van der Waals surface area contributed by atoms with Crippen molar-refractivity contribution in [2.45, 2.75) is 6.92 Å². The van der Waals surface area contributed by atoms with Crippen LogP contribution in [-0.2, 0) is 18.2 Å². The van der Waals surface area contributed by atoms with Crippen molar-refractivity contribution in [3.8, 4) is 0 Å². The number of rotatable bonds is 4. The van der Waals surface area contributed by atoms with Crippen molar-refractivity contribution in [3.05, 3.63) is 0 Å². The normalized spacial score (nSPS) is 14.9. The lowest BCUT2D eigenvalue weighted by molar-refractivity contribution is 0.341. The van der Waals surface area contributed by atoms with E-state index in [1.165, 1.54) is 0 Å². The van der Waals surface area contributed by atoms with Crippen molar-refractivity contribution >= 4 is 20.7 Å². The maximum atomic E-state index is 10.8. The van der Waals surface area contributed by atoms with Crippen molar-refractivity contribution in [2.24, 2.45) is 0 Å². The van der Waals surface area contributed by atoms with E-state index in [4.69, 9.17) is 3.63 Å². The first-order chi connectivity index (χ1) is 4.83. The summed E-state index contributed by atoms with van der Waals surface area (Å²) < 4.78 is 30.4. The second-order valence-electron chi connectivity index (χ2n) is 2.37. The molecule has 0 heterocycles. The Balaban J connectivity index is 4.26. The molecule has 0 amide bonds. The van der Waals surface area contributed by atoms with E-state index in [9.17, 15) is 8.42 Å². The van der Waals surface area contributed by atoms with Gasteiger partial charge < -0.3 is 0 Å². The fraction of sp³-hybridized carbons (Fsp3) is 1.00. The highest BCUT2D eigenvalue weighted by atomic mass is 32.3. The zero-order chi connectivity index (χ0) is 9.12. The summed E-state index contributed by atoms with van der Waals surface area (Å²) in [7, 11) is -4.17. The molecule has 70 valence electrons. The maximum absolute atomic E-state index is 10.8. The molecule has 0 aromatic rings. The van der Waals surface area contributed by atoms with E-state index in [1.807, 2.05) is 6.92 Å². The molecule has 0 radical (unpaired) electrons. The summed E-state index contributed by atoms with van der Waals surface area (Å²) >= 11 is 0. The highest BCUT2D eigenvalue weighted by molar-refractivity contribution is 8.31. The second-order valence-corrected chi connectivity index (χ2v) is 7.51. The minimum absolute atomic E-state index is 0.690. The van der Waals surface area contributed by atoms with Crippen LogP contribution in [0.25, 0.3) is 0 Å². The topological polar surface area (TPSA) is 52.6 Å². The molecule has 0 spiro atoms. The smallest absolute Gasteiger partial charge is 0.251 e. The van der Waals surface area contributed by atoms with Crippen LogP contribution in [0.5, 0.6) is 0 Å². The van der Waals surface area contributed by atoms with Gasteiger partial charge in [0.25, 0.3) is 0 Å². The molecule has 0 rings (SSSR count). The number of hydrogen-bond acceptors (Lipinski definition) is 4. The van der Waals surface area contributed by atoms with Gasteiger partial charge in [0.2, 0.25) is 0 Å². The lowest BCUT2D eigenvalue weighted by Gasteiger charge is -2.26. The lowest BCUT2D eigenvalue weighted by Crippen LogP contribution is -2.12. The van der Waals surface area contributed by atoms with Crippen LogP contribution >= 0.6 is 10.3 Å². The summed E-state index contributed by atoms with van der Waals surface area (Å²) in [6.07, 6.45) is 3.53. The first-order valence-electron chi connectivity index (χ1n) is 3.05. The van der Waals surface area contributed by atoms with Gasteiger partial charge >= 0.3 is 10.4 Å². The molecule has 6 heteroatoms. The molecule has 0 unspecified atom stereocenters. The van der Waals surface area contributed by atoms with E-state index in [0.717, 1.165) is 7.11 Å². The first-order valence-corrected chi connectivity index (χ1v) is 6.93. The fourth-order valence-electron chi connectivity index (χ4n) is 0.301. The standard InChI is InChI=1S/C5H14O4S2/c1-5-10(3,4)9-11(6,7)8-2/h5H2,1-4H3. The van der Waals surface area contributed by atoms with Crippen molar-refractivity contribution in [1.82, 2.24) is 0 Å². The highest BCUT2D eigenvalue weighted by Gasteiger charge is 2.19. The summed E-state index contributed by atoms with van der Waals surface area (Å²) in [5.74, 6) is 0.690. The minimum Gasteiger partial charge on any atom is -0.251 e. The molecule has 4 nitrogen and oxygen atoms in total. The van der Waals surface area contributed by atoms with Gasteiger partial charge in [0, 0.05) is 0 Å². The van der Waals surface area contributed by atoms with Crippen LogP contribution < -0.4 is 0 Å². The van der Waals surface area contributed by atoms with E-state index in [2.05, 4.69) is 4.18 Å². The average Bonchev–Trinajstić information content (AvgIpc) is 1.86. The molecule has 0 saturated carbocycles. The molecule has 0 N–H and O–H groups in total. The summed E-state index contributed by atoms with van der Waals surface area (Å²) in [5, 5.41) is 0. The van der Waals surface area contributed by atoms with Crippen LogP contribution in [0.1, 0.15) is 6.92 Å². The summed E-state index contributed by atoms with van der Waals surface area (Å²) in [6, 6.07) is 0. The van der Waals surface area contributed by atoms with Crippen LogP contribution in [0.3, 0.4) is 0 Å². The van der Waals surface area contributed by atoms with Crippen LogP contribution in [-0.4, -0.2) is 33.8 Å². The third-order valence-corrected chi connectivity index (χ3v) is 5.11. The van der Waals surface area contributed by atoms with E-state index in [0.29, 0.717) is 5.75 Å². The van der Waals surface area contributed by atoms with Crippen LogP contribution in [0.4, 0.5) is 0 Å². The van der Waals surface area contributed by atoms with E-state index >= 15 is 0 Å². The van der Waals surface area contributed by atoms with Gasteiger partial charge in [-0.1, -0.05) is 6.92 Å². The Morgan fingerprint density at radius 3 is 2.00 bits per heavy atom. The molecule has 0 aliphatic rings. The maximum Gasteiger partial charge on any atom is 0.409 e. The predicted octanol–water partition coefficient (Wildman–Crippen LogP) is 0.893. The molecule has 0 fully saturated rings. The van der Waals surface area contributed by atoms with Gasteiger partial charge in [0.05, 0.1) is 7.11 Å². The van der Waals surface area contributed by atoms with Crippen LogP contribution in [0, 0.1) is 0 Å². The van der Waals surface area contributed by atoms with Gasteiger partial charge in [-0.2, -0.15) is 12.0 Å². The third kappa shape index (κ3) is 4.62. The minimum atomic E-state index is -3.75. The molecule has 0 atom stereocenters. The van der Waals surface area contributed by atoms with Crippen molar-refractivity contribution in [2.75, 3.05) is 25.4 Å². The Hall–Kier alpha value is 0.220. The predicted molar refractivity (Wildman–Crippen MR) is 47.0 cm³/mol. The Morgan fingerprint density at radius 2 is 1.73 bits per heavy atom. The zero-order valence-corrected chi connectivity index (χ0v) is 8.79. The molecule has 0 aromatic heterocycles. The summed E-state index contributed by atoms with van der Waals surface area (Å²) in [5.41, 5.74) is 0. The Kier molecular flexibility index (Phi) is 3.83. The van der Waals surface area contributed by atoms with Gasteiger partial charge in [0.15, 0.2) is 0 Å². The molecule has 11 heavy (non-hydrogen) atoms. The Labute approximate surface area is 69.7 Å². The molecule has 0 aromatic carbocycles. The quantitative estimate of drug-likeness (QED) is 0.679. The zero-order valence-electron chi connectivity index (χ0n) is 7.16. The van der Waals surface area contributed by atoms with E-state index in [-0.39, 0.29) is 0 Å². The fourth-order valence-corrected chi connectivity index (χ4v) is 2.71. The second kappa shape index (κ2) is 3.75. The van der Waals surface area contributed by atoms with Crippen molar-refractivity contribution in [1.29, 1.82) is 0 Å². The molecule has 0 bridgehead atoms. The average molecular weight is 202 g/mol. The number of hydrogen-bond donors (Lipinski definition) is 0. The monoisotopic (exact) mass is 202 g/mol. The van der Waals surface area contributed by atoms with Crippen LogP contribution in [0.15, 0.2) is 0 Å². The molecule has 0 aliphatic heterocycles. The van der Waals surface area contributed by atoms with Gasteiger partial charge in [-0.3, -0.25) is 4.18 Å². The highest BCUT2D eigenvalue weighted by Crippen LogP contribution is 2.42. The summed E-state index contributed by atoms with van der Waals surface area (Å²) in [6.45, 7) is 1.88. The van der Waals surface area contributed by atoms with Crippen molar-refractivity contribution in [3.63, 3.8) is 0 Å². The molecular weight excluding hydrogens is 188 g/mol. The van der Waals surface area contributed by atoms with Gasteiger partial charge in [-0.25, -0.2) is 0 Å². The molecule has 0 aliphatic carbocycles. The van der Waals surface area contributed by atoms with E-state index in [1.54, 1.807) is 12.5 Å². The molecular formula is C5H14O4S2. The largest absolute Gasteiger partial charge is 0.409 e.